The first-order chi connectivity index (χ1) is 13.9. The Balaban J connectivity index is 1.69. The monoisotopic (exact) mass is 474 g/mol. The molecule has 4 aromatic rings. The highest BCUT2D eigenvalue weighted by atomic mass is 79.9. The van der Waals surface area contributed by atoms with Crippen LogP contribution >= 0.6 is 27.3 Å². The third kappa shape index (κ3) is 2.96. The van der Waals surface area contributed by atoms with Crippen LogP contribution in [-0.4, -0.2) is 20.7 Å². The van der Waals surface area contributed by atoms with E-state index in [4.69, 9.17) is 0 Å². The van der Waals surface area contributed by atoms with Crippen LogP contribution in [0.1, 0.15) is 29.2 Å². The van der Waals surface area contributed by atoms with Crippen molar-refractivity contribution in [2.45, 2.75) is 19.3 Å². The van der Waals surface area contributed by atoms with Crippen molar-refractivity contribution in [1.82, 2.24) is 14.8 Å². The average molecular weight is 475 g/mol. The van der Waals surface area contributed by atoms with Crippen LogP contribution < -0.4 is 5.32 Å². The van der Waals surface area contributed by atoms with Crippen molar-refractivity contribution in [3.05, 3.63) is 69.3 Å². The molecule has 2 aromatic heterocycles. The Labute approximate surface area is 176 Å². The van der Waals surface area contributed by atoms with Crippen LogP contribution in [0.5, 0.6) is 0 Å². The summed E-state index contributed by atoms with van der Waals surface area (Å²) in [5, 5.41) is 7.99. The van der Waals surface area contributed by atoms with E-state index in [-0.39, 0.29) is 17.9 Å². The third-order valence-electron chi connectivity index (χ3n) is 4.98. The summed E-state index contributed by atoms with van der Waals surface area (Å²) >= 11 is 4.88. The first kappa shape index (κ1) is 18.4. The van der Waals surface area contributed by atoms with Gasteiger partial charge in [0, 0.05) is 22.4 Å². The highest BCUT2D eigenvalue weighted by Gasteiger charge is 2.35. The quantitative estimate of drug-likeness (QED) is 0.428. The lowest BCUT2D eigenvalue weighted by Crippen LogP contribution is -2.25. The van der Waals surface area contributed by atoms with Gasteiger partial charge in [0.25, 0.3) is 0 Å². The van der Waals surface area contributed by atoms with E-state index >= 15 is 0 Å². The van der Waals surface area contributed by atoms with E-state index in [0.29, 0.717) is 22.2 Å². The van der Waals surface area contributed by atoms with E-state index in [2.05, 4.69) is 31.3 Å². The van der Waals surface area contributed by atoms with E-state index in [9.17, 15) is 13.6 Å². The van der Waals surface area contributed by atoms with Gasteiger partial charge in [-0.15, -0.1) is 0 Å². The number of nitrogens with zero attached hydrogens (tertiary/aromatic N) is 3. The van der Waals surface area contributed by atoms with Gasteiger partial charge in [-0.3, -0.25) is 4.79 Å². The number of halogens is 3. The van der Waals surface area contributed by atoms with E-state index < -0.39 is 17.6 Å². The number of benzene rings is 2. The Morgan fingerprint density at radius 3 is 2.93 bits per heavy atom. The molecule has 1 aliphatic rings. The molecule has 0 aliphatic carbocycles. The Kier molecular flexibility index (Phi) is 4.25. The number of carbonyl (C=O) groups is 1. The van der Waals surface area contributed by atoms with Gasteiger partial charge < -0.3 is 5.32 Å². The molecule has 3 heterocycles. The lowest BCUT2D eigenvalue weighted by Gasteiger charge is -2.24. The molecule has 1 atom stereocenters. The SMILES string of the molecule is Cc1nn(-c2nc3ccc(Br)cc3s2)c2c1[C@@H](c1cccc(F)c1F)CC(=O)N2. The van der Waals surface area contributed by atoms with Crippen molar-refractivity contribution in [2.24, 2.45) is 0 Å². The van der Waals surface area contributed by atoms with Gasteiger partial charge in [0.15, 0.2) is 11.6 Å². The van der Waals surface area contributed by atoms with Crippen LogP contribution in [0.15, 0.2) is 40.9 Å². The molecule has 0 saturated heterocycles. The average Bonchev–Trinajstić information content (AvgIpc) is 3.24. The number of carbonyl (C=O) groups excluding carboxylic acids is 1. The second-order valence-electron chi connectivity index (χ2n) is 6.82. The molecule has 2 aromatic carbocycles. The summed E-state index contributed by atoms with van der Waals surface area (Å²) in [5.41, 5.74) is 2.27. The number of thiazole rings is 1. The van der Waals surface area contributed by atoms with E-state index in [1.54, 1.807) is 11.6 Å². The number of anilines is 1. The lowest BCUT2D eigenvalue weighted by molar-refractivity contribution is -0.116. The first-order valence-electron chi connectivity index (χ1n) is 8.82. The van der Waals surface area contributed by atoms with Crippen LogP contribution in [-0.2, 0) is 4.79 Å². The summed E-state index contributed by atoms with van der Waals surface area (Å²) in [6.45, 7) is 1.79. The zero-order valence-electron chi connectivity index (χ0n) is 15.0. The van der Waals surface area contributed by atoms with Crippen LogP contribution in [0.2, 0.25) is 0 Å². The van der Waals surface area contributed by atoms with Crippen LogP contribution in [0, 0.1) is 18.6 Å². The maximum absolute atomic E-state index is 14.5. The second kappa shape index (κ2) is 6.70. The molecular weight excluding hydrogens is 462 g/mol. The lowest BCUT2D eigenvalue weighted by atomic mass is 9.85. The molecule has 0 saturated carbocycles. The smallest absolute Gasteiger partial charge is 0.226 e. The Morgan fingerprint density at radius 1 is 1.28 bits per heavy atom. The van der Waals surface area contributed by atoms with Gasteiger partial charge in [-0.2, -0.15) is 9.78 Å². The molecule has 9 heteroatoms. The molecule has 29 heavy (non-hydrogen) atoms. The molecule has 0 radical (unpaired) electrons. The fourth-order valence-corrected chi connectivity index (χ4v) is 5.19. The summed E-state index contributed by atoms with van der Waals surface area (Å²) in [4.78, 5) is 17.0. The first-order valence-corrected chi connectivity index (χ1v) is 10.4. The zero-order chi connectivity index (χ0) is 20.3. The van der Waals surface area contributed by atoms with Crippen molar-refractivity contribution in [1.29, 1.82) is 0 Å². The largest absolute Gasteiger partial charge is 0.310 e. The van der Waals surface area contributed by atoms with Crippen LogP contribution in [0.25, 0.3) is 15.3 Å². The molecular formula is C20H13BrF2N4OS. The van der Waals surface area contributed by atoms with Gasteiger partial charge in [0.2, 0.25) is 11.0 Å². The molecule has 1 aliphatic heterocycles. The van der Waals surface area contributed by atoms with Crippen molar-refractivity contribution in [2.75, 3.05) is 5.32 Å². The number of fused-ring (bicyclic) bond motifs is 2. The summed E-state index contributed by atoms with van der Waals surface area (Å²) < 4.78 is 31.8. The maximum Gasteiger partial charge on any atom is 0.226 e. The van der Waals surface area contributed by atoms with Gasteiger partial charge in [0.1, 0.15) is 5.82 Å². The zero-order valence-corrected chi connectivity index (χ0v) is 17.4. The van der Waals surface area contributed by atoms with Crippen LogP contribution in [0.3, 0.4) is 0 Å². The van der Waals surface area contributed by atoms with Crippen molar-refractivity contribution in [3.63, 3.8) is 0 Å². The Hall–Kier alpha value is -2.65. The van der Waals surface area contributed by atoms with Gasteiger partial charge in [-0.05, 0) is 36.8 Å². The number of aryl methyl sites for hydroxylation is 1. The summed E-state index contributed by atoms with van der Waals surface area (Å²) in [6, 6.07) is 9.79. The van der Waals surface area contributed by atoms with Gasteiger partial charge >= 0.3 is 0 Å². The summed E-state index contributed by atoms with van der Waals surface area (Å²) in [6.07, 6.45) is 0.0205. The molecule has 0 spiro atoms. The molecule has 5 nitrogen and oxygen atoms in total. The van der Waals surface area contributed by atoms with Crippen molar-refractivity contribution >= 4 is 49.2 Å². The fourth-order valence-electron chi connectivity index (χ4n) is 3.72. The third-order valence-corrected chi connectivity index (χ3v) is 6.47. The predicted octanol–water partition coefficient (Wildman–Crippen LogP) is 5.31. The maximum atomic E-state index is 14.5. The van der Waals surface area contributed by atoms with E-state index in [1.165, 1.54) is 23.5 Å². The van der Waals surface area contributed by atoms with Crippen molar-refractivity contribution < 1.29 is 13.6 Å². The topological polar surface area (TPSA) is 59.8 Å². The molecule has 1 amide bonds. The number of nitrogens with one attached hydrogen (secondary N) is 1. The molecule has 1 N–H and O–H groups in total. The number of aromatic nitrogens is 3. The van der Waals surface area contributed by atoms with Gasteiger partial charge in [0.05, 0.1) is 15.9 Å². The summed E-state index contributed by atoms with van der Waals surface area (Å²) in [7, 11) is 0. The summed E-state index contributed by atoms with van der Waals surface area (Å²) in [5.74, 6) is -2.32. The number of hydrogen-bond acceptors (Lipinski definition) is 4. The highest BCUT2D eigenvalue weighted by Crippen LogP contribution is 2.42. The molecule has 0 unspecified atom stereocenters. The normalized spacial score (nSPS) is 16.1. The predicted molar refractivity (Wildman–Crippen MR) is 111 cm³/mol. The number of rotatable bonds is 2. The number of hydrogen-bond donors (Lipinski definition) is 1. The second-order valence-corrected chi connectivity index (χ2v) is 8.74. The molecule has 0 fully saturated rings. The minimum absolute atomic E-state index is 0.0205. The molecule has 146 valence electrons. The standard InChI is InChI=1S/C20H13BrF2N4OS/c1-9-17-12(11-3-2-4-13(22)18(11)23)8-16(28)25-19(17)27(26-9)20-24-14-6-5-10(21)7-15(14)29-20/h2-7,12H,8H2,1H3,(H,25,28)/t12-/m1/s1. The van der Waals surface area contributed by atoms with Gasteiger partial charge in [-0.1, -0.05) is 39.4 Å². The number of amides is 1. The fraction of sp³-hybridized carbons (Fsp3) is 0.150. The minimum atomic E-state index is -0.935. The van der Waals surface area contributed by atoms with E-state index in [0.717, 1.165) is 20.8 Å². The highest BCUT2D eigenvalue weighted by molar-refractivity contribution is 9.10. The molecule has 5 rings (SSSR count). The Morgan fingerprint density at radius 2 is 2.10 bits per heavy atom. The van der Waals surface area contributed by atoms with E-state index in [1.807, 2.05) is 18.2 Å². The van der Waals surface area contributed by atoms with Crippen LogP contribution in [0.4, 0.5) is 14.6 Å². The van der Waals surface area contributed by atoms with Gasteiger partial charge in [-0.25, -0.2) is 13.8 Å². The minimum Gasteiger partial charge on any atom is -0.310 e. The Bertz CT molecular complexity index is 1300. The van der Waals surface area contributed by atoms with Crippen molar-refractivity contribution in [3.8, 4) is 5.13 Å². The molecule has 0 bridgehead atoms.